The van der Waals surface area contributed by atoms with Gasteiger partial charge in [-0.2, -0.15) is 13.2 Å². The molecule has 5 heteroatoms. The summed E-state index contributed by atoms with van der Waals surface area (Å²) < 4.78 is 36.7. The number of hydrogen-bond donors (Lipinski definition) is 1. The third-order valence-electron chi connectivity index (χ3n) is 5.01. The van der Waals surface area contributed by atoms with E-state index in [1.807, 2.05) is 0 Å². The molecular weight excluding hydrogens is 267 g/mol. The highest BCUT2D eigenvalue weighted by atomic mass is 19.4. The van der Waals surface area contributed by atoms with Crippen molar-refractivity contribution < 1.29 is 18.3 Å². The van der Waals surface area contributed by atoms with Crippen LogP contribution in [-0.4, -0.2) is 40.9 Å². The van der Waals surface area contributed by atoms with Crippen molar-refractivity contribution in [1.29, 1.82) is 0 Å². The van der Waals surface area contributed by atoms with Crippen LogP contribution in [0.2, 0.25) is 0 Å². The summed E-state index contributed by atoms with van der Waals surface area (Å²) in [5, 5.41) is 10.5. The number of aliphatic hydroxyl groups is 1. The van der Waals surface area contributed by atoms with Gasteiger partial charge in [0.1, 0.15) is 0 Å². The van der Waals surface area contributed by atoms with Gasteiger partial charge in [0.2, 0.25) is 0 Å². The second kappa shape index (κ2) is 6.65. The number of aliphatic hydroxyl groups excluding tert-OH is 1. The monoisotopic (exact) mass is 293 g/mol. The fraction of sp³-hybridized carbons (Fsp3) is 1.00. The van der Waals surface area contributed by atoms with Crippen LogP contribution in [0.5, 0.6) is 0 Å². The first-order chi connectivity index (χ1) is 9.44. The van der Waals surface area contributed by atoms with E-state index in [-0.39, 0.29) is 18.4 Å². The molecule has 0 aromatic heterocycles. The minimum Gasteiger partial charge on any atom is -0.391 e. The number of halogens is 3. The molecule has 0 spiro atoms. The Morgan fingerprint density at radius 2 is 1.60 bits per heavy atom. The fourth-order valence-corrected chi connectivity index (χ4v) is 3.95. The molecule has 0 aromatic carbocycles. The quantitative estimate of drug-likeness (QED) is 0.831. The Bertz CT molecular complexity index is 294. The van der Waals surface area contributed by atoms with E-state index in [2.05, 4.69) is 4.90 Å². The lowest BCUT2D eigenvalue weighted by atomic mass is 9.84. The van der Waals surface area contributed by atoms with Gasteiger partial charge in [0.05, 0.1) is 6.10 Å². The van der Waals surface area contributed by atoms with Crippen LogP contribution in [0.4, 0.5) is 13.2 Å². The van der Waals surface area contributed by atoms with Crippen molar-refractivity contribution in [3.63, 3.8) is 0 Å². The Labute approximate surface area is 119 Å². The third-order valence-corrected chi connectivity index (χ3v) is 5.01. The highest BCUT2D eigenvalue weighted by Crippen LogP contribution is 2.41. The predicted molar refractivity (Wildman–Crippen MR) is 72.5 cm³/mol. The molecule has 1 saturated carbocycles. The van der Waals surface area contributed by atoms with Crippen LogP contribution in [0.15, 0.2) is 0 Å². The Kier molecular flexibility index (Phi) is 5.35. The summed E-state index contributed by atoms with van der Waals surface area (Å²) in [6, 6.07) is 0. The number of piperidine rings is 1. The smallest absolute Gasteiger partial charge is 0.389 e. The van der Waals surface area contributed by atoms with E-state index in [0.29, 0.717) is 0 Å². The van der Waals surface area contributed by atoms with Crippen molar-refractivity contribution in [2.24, 2.45) is 0 Å². The van der Waals surface area contributed by atoms with Gasteiger partial charge in [0.25, 0.3) is 0 Å². The average molecular weight is 293 g/mol. The summed E-state index contributed by atoms with van der Waals surface area (Å²) >= 11 is 0. The molecule has 0 radical (unpaired) electrons. The Morgan fingerprint density at radius 1 is 1.00 bits per heavy atom. The molecule has 1 aliphatic carbocycles. The molecule has 2 fully saturated rings. The second-order valence-corrected chi connectivity index (χ2v) is 6.38. The van der Waals surface area contributed by atoms with Crippen LogP contribution in [0.1, 0.15) is 64.2 Å². The zero-order valence-corrected chi connectivity index (χ0v) is 12.1. The van der Waals surface area contributed by atoms with Crippen LogP contribution < -0.4 is 0 Å². The lowest BCUT2D eigenvalue weighted by molar-refractivity contribution is -0.138. The third kappa shape index (κ3) is 3.88. The van der Waals surface area contributed by atoms with Crippen LogP contribution in [-0.2, 0) is 0 Å². The van der Waals surface area contributed by atoms with Crippen molar-refractivity contribution in [3.05, 3.63) is 0 Å². The van der Waals surface area contributed by atoms with Crippen LogP contribution in [0.25, 0.3) is 0 Å². The molecule has 2 aliphatic rings. The normalized spacial score (nSPS) is 25.8. The standard InChI is InChI=1S/C15H26F3NO/c16-15(17,18)10-6-7-13(20)14(8-2-3-9-14)19-11-4-1-5-12-19/h13,20H,1-12H2. The zero-order chi connectivity index (χ0) is 14.6. The van der Waals surface area contributed by atoms with Crippen LogP contribution in [0.3, 0.4) is 0 Å². The van der Waals surface area contributed by atoms with Gasteiger partial charge in [-0.25, -0.2) is 0 Å². The molecule has 1 atom stereocenters. The lowest BCUT2D eigenvalue weighted by Crippen LogP contribution is -2.56. The number of nitrogens with zero attached hydrogens (tertiary/aromatic N) is 1. The number of likely N-dealkylation sites (tertiary alicyclic amines) is 1. The first-order valence-corrected chi connectivity index (χ1v) is 7.94. The Balaban J connectivity index is 1.93. The first-order valence-electron chi connectivity index (χ1n) is 7.94. The molecule has 2 rings (SSSR count). The van der Waals surface area contributed by atoms with Crippen molar-refractivity contribution in [2.75, 3.05) is 13.1 Å². The molecule has 20 heavy (non-hydrogen) atoms. The molecular formula is C15H26F3NO. The van der Waals surface area contributed by atoms with Gasteiger partial charge in [-0.1, -0.05) is 19.3 Å². The van der Waals surface area contributed by atoms with E-state index in [0.717, 1.165) is 51.6 Å². The Hall–Kier alpha value is -0.290. The minimum atomic E-state index is -4.10. The second-order valence-electron chi connectivity index (χ2n) is 6.38. The van der Waals surface area contributed by atoms with Gasteiger partial charge >= 0.3 is 6.18 Å². The molecule has 1 unspecified atom stereocenters. The lowest BCUT2D eigenvalue weighted by Gasteiger charge is -2.46. The molecule has 1 saturated heterocycles. The molecule has 0 aromatic rings. The highest BCUT2D eigenvalue weighted by molar-refractivity contribution is 5.01. The minimum absolute atomic E-state index is 0.0419. The number of alkyl halides is 3. The van der Waals surface area contributed by atoms with Crippen LogP contribution in [0, 0.1) is 0 Å². The van der Waals surface area contributed by atoms with Gasteiger partial charge in [-0.15, -0.1) is 0 Å². The van der Waals surface area contributed by atoms with Gasteiger partial charge in [0.15, 0.2) is 0 Å². The zero-order valence-electron chi connectivity index (χ0n) is 12.1. The molecule has 118 valence electrons. The summed E-state index contributed by atoms with van der Waals surface area (Å²) in [5.74, 6) is 0. The number of hydrogen-bond acceptors (Lipinski definition) is 2. The molecule has 0 bridgehead atoms. The fourth-order valence-electron chi connectivity index (χ4n) is 3.95. The Morgan fingerprint density at radius 3 is 2.15 bits per heavy atom. The summed E-state index contributed by atoms with van der Waals surface area (Å²) in [6.07, 6.45) is 2.43. The van der Waals surface area contributed by atoms with E-state index in [9.17, 15) is 18.3 Å². The average Bonchev–Trinajstić information content (AvgIpc) is 2.89. The molecule has 1 aliphatic heterocycles. The van der Waals surface area contributed by atoms with E-state index < -0.39 is 18.7 Å². The largest absolute Gasteiger partial charge is 0.391 e. The topological polar surface area (TPSA) is 23.5 Å². The number of rotatable bonds is 5. The summed E-state index contributed by atoms with van der Waals surface area (Å²) in [6.45, 7) is 1.99. The maximum atomic E-state index is 12.2. The van der Waals surface area contributed by atoms with E-state index >= 15 is 0 Å². The first kappa shape index (κ1) is 16.1. The summed E-state index contributed by atoms with van der Waals surface area (Å²) in [5.41, 5.74) is -0.230. The van der Waals surface area contributed by atoms with Gasteiger partial charge in [-0.3, -0.25) is 4.90 Å². The van der Waals surface area contributed by atoms with E-state index in [4.69, 9.17) is 0 Å². The SMILES string of the molecule is OC(CCCC(F)(F)F)C1(N2CCCCC2)CCCC1. The molecule has 2 nitrogen and oxygen atoms in total. The van der Waals surface area contributed by atoms with E-state index in [1.54, 1.807) is 0 Å². The van der Waals surface area contributed by atoms with Crippen LogP contribution >= 0.6 is 0 Å². The summed E-state index contributed by atoms with van der Waals surface area (Å²) in [4.78, 5) is 2.38. The van der Waals surface area contributed by atoms with Crippen molar-refractivity contribution >= 4 is 0 Å². The van der Waals surface area contributed by atoms with Crippen molar-refractivity contribution in [1.82, 2.24) is 4.90 Å². The van der Waals surface area contributed by atoms with E-state index in [1.165, 1.54) is 6.42 Å². The van der Waals surface area contributed by atoms with Gasteiger partial charge < -0.3 is 5.11 Å². The predicted octanol–water partition coefficient (Wildman–Crippen LogP) is 3.88. The maximum Gasteiger partial charge on any atom is 0.389 e. The molecule has 1 N–H and O–H groups in total. The van der Waals surface area contributed by atoms with Crippen molar-refractivity contribution in [2.45, 2.75) is 82.0 Å². The summed E-state index contributed by atoms with van der Waals surface area (Å²) in [7, 11) is 0. The maximum absolute atomic E-state index is 12.2. The highest BCUT2D eigenvalue weighted by Gasteiger charge is 2.45. The van der Waals surface area contributed by atoms with Gasteiger partial charge in [0, 0.05) is 12.0 Å². The van der Waals surface area contributed by atoms with Gasteiger partial charge in [-0.05, 0) is 51.6 Å². The van der Waals surface area contributed by atoms with Crippen molar-refractivity contribution in [3.8, 4) is 0 Å². The molecule has 1 heterocycles. The molecule has 0 amide bonds.